The third-order valence-electron chi connectivity index (χ3n) is 6.27. The Morgan fingerprint density at radius 3 is 1.97 bits per heavy atom. The van der Waals surface area contributed by atoms with Crippen LogP contribution in [0, 0.1) is 0 Å². The van der Waals surface area contributed by atoms with E-state index in [0.717, 1.165) is 57.2 Å². The molecule has 158 valence electrons. The molecule has 0 spiro atoms. The van der Waals surface area contributed by atoms with Gasteiger partial charge >= 0.3 is 0 Å². The number of unbranched alkanes of at least 4 members (excludes halogenated alkanes) is 1. The Bertz CT molecular complexity index is 755. The molecule has 0 aromatic heterocycles. The molecule has 0 bridgehead atoms. The van der Waals surface area contributed by atoms with E-state index in [0.29, 0.717) is 5.75 Å². The number of aryl methyl sites for hydroxylation is 1. The molecule has 3 nitrogen and oxygen atoms in total. The van der Waals surface area contributed by atoms with Gasteiger partial charge in [-0.25, -0.2) is 0 Å². The van der Waals surface area contributed by atoms with E-state index in [-0.39, 0.29) is 5.41 Å². The van der Waals surface area contributed by atoms with E-state index in [9.17, 15) is 10.2 Å². The zero-order valence-corrected chi connectivity index (χ0v) is 18.3. The molecule has 1 saturated heterocycles. The van der Waals surface area contributed by atoms with Gasteiger partial charge in [-0.3, -0.25) is 4.90 Å². The van der Waals surface area contributed by atoms with Crippen LogP contribution < -0.4 is 0 Å². The monoisotopic (exact) mass is 395 g/mol. The van der Waals surface area contributed by atoms with Gasteiger partial charge in [-0.2, -0.15) is 0 Å². The Balaban J connectivity index is 1.70. The second kappa shape index (κ2) is 9.32. The zero-order valence-electron chi connectivity index (χ0n) is 18.3. The van der Waals surface area contributed by atoms with E-state index in [1.165, 1.54) is 17.5 Å². The fraction of sp³-hybridized carbons (Fsp3) is 0.538. The van der Waals surface area contributed by atoms with Crippen molar-refractivity contribution in [2.75, 3.05) is 13.1 Å². The molecule has 2 aromatic carbocycles. The van der Waals surface area contributed by atoms with Crippen molar-refractivity contribution in [2.45, 2.75) is 76.9 Å². The summed E-state index contributed by atoms with van der Waals surface area (Å²) < 4.78 is 0. The summed E-state index contributed by atoms with van der Waals surface area (Å²) in [5.74, 6) is 0.312. The lowest BCUT2D eigenvalue weighted by Crippen LogP contribution is -2.48. The van der Waals surface area contributed by atoms with Crippen molar-refractivity contribution < 1.29 is 10.2 Å². The SMILES string of the molecule is CC(C)(C)c1ccc(C(O)(CCCCc2ccc(O)cc2)N2CCCCC2)cc1. The van der Waals surface area contributed by atoms with Crippen LogP contribution in [0.25, 0.3) is 0 Å². The van der Waals surface area contributed by atoms with Crippen LogP contribution >= 0.6 is 0 Å². The van der Waals surface area contributed by atoms with Gasteiger partial charge < -0.3 is 10.2 Å². The first kappa shape index (κ1) is 21.9. The largest absolute Gasteiger partial charge is 0.508 e. The number of benzene rings is 2. The summed E-state index contributed by atoms with van der Waals surface area (Å²) in [4.78, 5) is 2.29. The quantitative estimate of drug-likeness (QED) is 0.588. The van der Waals surface area contributed by atoms with Crippen LogP contribution in [0.3, 0.4) is 0 Å². The van der Waals surface area contributed by atoms with E-state index in [1.807, 2.05) is 12.1 Å². The molecule has 1 aliphatic heterocycles. The van der Waals surface area contributed by atoms with Crippen molar-refractivity contribution >= 4 is 0 Å². The topological polar surface area (TPSA) is 43.7 Å². The molecule has 2 N–H and O–H groups in total. The standard InChI is InChI=1S/C26H37NO2/c1-25(2,3)22-12-14-23(15-13-22)26(29,27-19-7-4-8-20-27)18-6-5-9-21-10-16-24(28)17-11-21/h10-17,28-29H,4-9,18-20H2,1-3H3. The summed E-state index contributed by atoms with van der Waals surface area (Å²) in [6.07, 6.45) is 7.30. The average molecular weight is 396 g/mol. The molecule has 0 aliphatic carbocycles. The number of phenols is 1. The molecule has 3 rings (SSSR count). The minimum atomic E-state index is -0.883. The van der Waals surface area contributed by atoms with E-state index in [4.69, 9.17) is 0 Å². The summed E-state index contributed by atoms with van der Waals surface area (Å²) in [6.45, 7) is 8.61. The molecule has 29 heavy (non-hydrogen) atoms. The van der Waals surface area contributed by atoms with Crippen LogP contribution in [0.2, 0.25) is 0 Å². The fourth-order valence-electron chi connectivity index (χ4n) is 4.35. The first-order chi connectivity index (χ1) is 13.8. The van der Waals surface area contributed by atoms with Gasteiger partial charge in [0.05, 0.1) is 0 Å². The second-order valence-corrected chi connectivity index (χ2v) is 9.57. The molecule has 3 heteroatoms. The Hall–Kier alpha value is -1.84. The predicted molar refractivity (Wildman–Crippen MR) is 120 cm³/mol. The lowest BCUT2D eigenvalue weighted by molar-refractivity contribution is -0.131. The van der Waals surface area contributed by atoms with Crippen molar-refractivity contribution in [3.05, 3.63) is 65.2 Å². The number of aromatic hydroxyl groups is 1. The molecule has 0 saturated carbocycles. The Kier molecular flexibility index (Phi) is 7.02. The smallest absolute Gasteiger partial charge is 0.144 e. The summed E-state index contributed by atoms with van der Waals surface area (Å²) in [7, 11) is 0. The number of aliphatic hydroxyl groups is 1. The van der Waals surface area contributed by atoms with Crippen LogP contribution in [0.1, 0.15) is 76.0 Å². The van der Waals surface area contributed by atoms with Gasteiger partial charge in [-0.1, -0.05) is 63.6 Å². The Labute approximate surface area is 176 Å². The molecular formula is C26H37NO2. The minimum absolute atomic E-state index is 0.117. The van der Waals surface area contributed by atoms with Crippen LogP contribution in [0.4, 0.5) is 0 Å². The summed E-state index contributed by atoms with van der Waals surface area (Å²) in [5.41, 5.74) is 2.79. The van der Waals surface area contributed by atoms with Crippen molar-refractivity contribution in [2.24, 2.45) is 0 Å². The lowest BCUT2D eigenvalue weighted by Gasteiger charge is -2.42. The van der Waals surface area contributed by atoms with Crippen molar-refractivity contribution in [1.29, 1.82) is 0 Å². The highest BCUT2D eigenvalue weighted by atomic mass is 16.3. The molecule has 1 fully saturated rings. The second-order valence-electron chi connectivity index (χ2n) is 9.57. The van der Waals surface area contributed by atoms with Crippen molar-refractivity contribution in [3.63, 3.8) is 0 Å². The maximum Gasteiger partial charge on any atom is 0.144 e. The molecule has 1 atom stereocenters. The van der Waals surface area contributed by atoms with Gasteiger partial charge in [-0.15, -0.1) is 0 Å². The van der Waals surface area contributed by atoms with Gasteiger partial charge in [0.2, 0.25) is 0 Å². The van der Waals surface area contributed by atoms with E-state index in [2.05, 4.69) is 49.9 Å². The number of phenolic OH excluding ortho intramolecular Hbond substituents is 1. The number of rotatable bonds is 7. The maximum atomic E-state index is 11.8. The van der Waals surface area contributed by atoms with Crippen LogP contribution in [0.5, 0.6) is 5.75 Å². The van der Waals surface area contributed by atoms with E-state index < -0.39 is 5.72 Å². The number of hydrogen-bond donors (Lipinski definition) is 2. The van der Waals surface area contributed by atoms with Gasteiger partial charge in [0, 0.05) is 13.1 Å². The third kappa shape index (κ3) is 5.61. The highest BCUT2D eigenvalue weighted by molar-refractivity contribution is 5.31. The van der Waals surface area contributed by atoms with Gasteiger partial charge in [0.15, 0.2) is 0 Å². The minimum Gasteiger partial charge on any atom is -0.508 e. The summed E-state index contributed by atoms with van der Waals surface area (Å²) in [6, 6.07) is 16.1. The molecule has 0 amide bonds. The normalized spacial score (nSPS) is 17.8. The number of hydrogen-bond acceptors (Lipinski definition) is 3. The van der Waals surface area contributed by atoms with E-state index >= 15 is 0 Å². The Morgan fingerprint density at radius 1 is 0.793 bits per heavy atom. The first-order valence-corrected chi connectivity index (χ1v) is 11.2. The number of piperidine rings is 1. The first-order valence-electron chi connectivity index (χ1n) is 11.2. The van der Waals surface area contributed by atoms with Gasteiger partial charge in [0.25, 0.3) is 0 Å². The molecule has 1 aliphatic rings. The zero-order chi connectivity index (χ0) is 20.9. The highest BCUT2D eigenvalue weighted by Crippen LogP contribution is 2.35. The number of nitrogens with zero attached hydrogens (tertiary/aromatic N) is 1. The van der Waals surface area contributed by atoms with Crippen molar-refractivity contribution in [3.8, 4) is 5.75 Å². The van der Waals surface area contributed by atoms with Gasteiger partial charge in [0.1, 0.15) is 11.5 Å². The van der Waals surface area contributed by atoms with Crippen molar-refractivity contribution in [1.82, 2.24) is 4.90 Å². The fourth-order valence-corrected chi connectivity index (χ4v) is 4.35. The van der Waals surface area contributed by atoms with Crippen LogP contribution in [-0.2, 0) is 17.6 Å². The van der Waals surface area contributed by atoms with Gasteiger partial charge in [-0.05, 0) is 72.8 Å². The molecule has 1 unspecified atom stereocenters. The Morgan fingerprint density at radius 2 is 1.38 bits per heavy atom. The molecule has 2 aromatic rings. The third-order valence-corrected chi connectivity index (χ3v) is 6.27. The summed E-state index contributed by atoms with van der Waals surface area (Å²) >= 11 is 0. The van der Waals surface area contributed by atoms with E-state index in [1.54, 1.807) is 12.1 Å². The molecular weight excluding hydrogens is 358 g/mol. The highest BCUT2D eigenvalue weighted by Gasteiger charge is 2.36. The average Bonchev–Trinajstić information content (AvgIpc) is 2.72. The number of likely N-dealkylation sites (tertiary alicyclic amines) is 1. The predicted octanol–water partition coefficient (Wildman–Crippen LogP) is 5.73. The molecule has 1 heterocycles. The van der Waals surface area contributed by atoms with Crippen LogP contribution in [0.15, 0.2) is 48.5 Å². The summed E-state index contributed by atoms with van der Waals surface area (Å²) in [5, 5.41) is 21.3. The maximum absolute atomic E-state index is 11.8. The molecule has 0 radical (unpaired) electrons. The van der Waals surface area contributed by atoms with Crippen LogP contribution in [-0.4, -0.2) is 28.2 Å². The lowest BCUT2D eigenvalue weighted by atomic mass is 9.84.